The lowest BCUT2D eigenvalue weighted by Crippen LogP contribution is -1.97. The standard InChI is InChI=1S/C19H13BrFNO/c20-16-7-8-18(21)14(12-16)6-9-19(23)15-4-3-5-17(13-15)22-10-1-2-11-22/h1-13H/b9-6+. The van der Waals surface area contributed by atoms with Crippen LogP contribution in [0.5, 0.6) is 0 Å². The average Bonchev–Trinajstić information content (AvgIpc) is 3.10. The molecule has 0 aliphatic heterocycles. The Hall–Kier alpha value is -2.46. The second-order valence-corrected chi connectivity index (χ2v) is 5.92. The van der Waals surface area contributed by atoms with Crippen LogP contribution in [0.1, 0.15) is 15.9 Å². The van der Waals surface area contributed by atoms with E-state index < -0.39 is 0 Å². The Morgan fingerprint density at radius 1 is 1.04 bits per heavy atom. The number of allylic oxidation sites excluding steroid dienone is 1. The minimum atomic E-state index is -0.363. The number of ketones is 1. The fraction of sp³-hybridized carbons (Fsp3) is 0. The number of hydrogen-bond acceptors (Lipinski definition) is 1. The molecule has 0 N–H and O–H groups in total. The van der Waals surface area contributed by atoms with Gasteiger partial charge in [0.1, 0.15) is 5.82 Å². The van der Waals surface area contributed by atoms with E-state index in [2.05, 4.69) is 15.9 Å². The van der Waals surface area contributed by atoms with Gasteiger partial charge in [-0.25, -0.2) is 4.39 Å². The zero-order valence-corrected chi connectivity index (χ0v) is 13.7. The molecular formula is C19H13BrFNO. The molecule has 0 aliphatic carbocycles. The number of hydrogen-bond donors (Lipinski definition) is 0. The first-order valence-electron chi connectivity index (χ1n) is 7.04. The Kier molecular flexibility index (Phi) is 4.53. The molecule has 0 fully saturated rings. The lowest BCUT2D eigenvalue weighted by atomic mass is 10.1. The number of aromatic nitrogens is 1. The van der Waals surface area contributed by atoms with Crippen LogP contribution in [-0.4, -0.2) is 10.4 Å². The fourth-order valence-electron chi connectivity index (χ4n) is 2.23. The highest BCUT2D eigenvalue weighted by Gasteiger charge is 2.05. The lowest BCUT2D eigenvalue weighted by Gasteiger charge is -2.04. The topological polar surface area (TPSA) is 22.0 Å². The number of rotatable bonds is 4. The third kappa shape index (κ3) is 3.66. The van der Waals surface area contributed by atoms with Crippen molar-refractivity contribution in [1.29, 1.82) is 0 Å². The van der Waals surface area contributed by atoms with Gasteiger partial charge in [0.05, 0.1) is 0 Å². The Labute approximate surface area is 142 Å². The number of halogens is 2. The Bertz CT molecular complexity index is 869. The van der Waals surface area contributed by atoms with E-state index in [1.54, 1.807) is 18.2 Å². The highest BCUT2D eigenvalue weighted by molar-refractivity contribution is 9.10. The van der Waals surface area contributed by atoms with Crippen LogP contribution >= 0.6 is 15.9 Å². The smallest absolute Gasteiger partial charge is 0.185 e. The van der Waals surface area contributed by atoms with Gasteiger partial charge in [-0.05, 0) is 54.6 Å². The summed E-state index contributed by atoms with van der Waals surface area (Å²) >= 11 is 3.29. The molecule has 3 aromatic rings. The SMILES string of the molecule is O=C(/C=C/c1cc(Br)ccc1F)c1cccc(-n2cccc2)c1. The molecule has 3 rings (SSSR count). The van der Waals surface area contributed by atoms with Gasteiger partial charge < -0.3 is 4.57 Å². The highest BCUT2D eigenvalue weighted by Crippen LogP contribution is 2.18. The second-order valence-electron chi connectivity index (χ2n) is 5.00. The Morgan fingerprint density at radius 2 is 1.83 bits per heavy atom. The van der Waals surface area contributed by atoms with Gasteiger partial charge in [-0.1, -0.05) is 28.1 Å². The molecule has 0 atom stereocenters. The molecule has 0 radical (unpaired) electrons. The van der Waals surface area contributed by atoms with Gasteiger partial charge in [0.25, 0.3) is 0 Å². The third-order valence-electron chi connectivity index (χ3n) is 3.41. The van der Waals surface area contributed by atoms with Gasteiger partial charge in [0.2, 0.25) is 0 Å². The van der Waals surface area contributed by atoms with Gasteiger partial charge >= 0.3 is 0 Å². The van der Waals surface area contributed by atoms with Crippen molar-refractivity contribution in [1.82, 2.24) is 4.57 Å². The molecule has 0 amide bonds. The van der Waals surface area contributed by atoms with Gasteiger partial charge in [-0.2, -0.15) is 0 Å². The second kappa shape index (κ2) is 6.75. The molecule has 23 heavy (non-hydrogen) atoms. The summed E-state index contributed by atoms with van der Waals surface area (Å²) in [6.45, 7) is 0. The highest BCUT2D eigenvalue weighted by atomic mass is 79.9. The van der Waals surface area contributed by atoms with Gasteiger partial charge in [-0.3, -0.25) is 4.79 Å². The molecule has 4 heteroatoms. The fourth-order valence-corrected chi connectivity index (χ4v) is 2.61. The zero-order valence-electron chi connectivity index (χ0n) is 12.1. The molecule has 0 saturated heterocycles. The van der Waals surface area contributed by atoms with Crippen molar-refractivity contribution in [2.45, 2.75) is 0 Å². The number of benzene rings is 2. The summed E-state index contributed by atoms with van der Waals surface area (Å²) in [5.74, 6) is -0.531. The van der Waals surface area contributed by atoms with E-state index in [0.29, 0.717) is 11.1 Å². The molecule has 114 valence electrons. The van der Waals surface area contributed by atoms with Crippen LogP contribution < -0.4 is 0 Å². The van der Waals surface area contributed by atoms with Crippen LogP contribution in [-0.2, 0) is 0 Å². The first-order valence-corrected chi connectivity index (χ1v) is 7.84. The van der Waals surface area contributed by atoms with Crippen molar-refractivity contribution in [2.75, 3.05) is 0 Å². The first kappa shape index (κ1) is 15.4. The monoisotopic (exact) mass is 369 g/mol. The number of nitrogens with zero attached hydrogens (tertiary/aromatic N) is 1. The summed E-state index contributed by atoms with van der Waals surface area (Å²) in [6.07, 6.45) is 6.71. The lowest BCUT2D eigenvalue weighted by molar-refractivity contribution is 0.104. The summed E-state index contributed by atoms with van der Waals surface area (Å²) in [5.41, 5.74) is 1.83. The van der Waals surface area contributed by atoms with E-state index in [-0.39, 0.29) is 11.6 Å². The van der Waals surface area contributed by atoms with E-state index in [4.69, 9.17) is 0 Å². The minimum absolute atomic E-state index is 0.168. The van der Waals surface area contributed by atoms with Gasteiger partial charge in [0.15, 0.2) is 5.78 Å². The third-order valence-corrected chi connectivity index (χ3v) is 3.90. The predicted octanol–water partition coefficient (Wildman–Crippen LogP) is 5.28. The van der Waals surface area contributed by atoms with Crippen LogP contribution in [0.2, 0.25) is 0 Å². The summed E-state index contributed by atoms with van der Waals surface area (Å²) in [7, 11) is 0. The summed E-state index contributed by atoms with van der Waals surface area (Å²) in [4.78, 5) is 12.3. The van der Waals surface area contributed by atoms with Gasteiger partial charge in [0, 0.05) is 33.7 Å². The largest absolute Gasteiger partial charge is 0.324 e. The molecule has 0 saturated carbocycles. The van der Waals surface area contributed by atoms with E-state index in [0.717, 1.165) is 10.2 Å². The van der Waals surface area contributed by atoms with Crippen LogP contribution in [0.3, 0.4) is 0 Å². The van der Waals surface area contributed by atoms with Crippen molar-refractivity contribution in [3.05, 3.63) is 94.5 Å². The van der Waals surface area contributed by atoms with Crippen molar-refractivity contribution in [3.63, 3.8) is 0 Å². The van der Waals surface area contributed by atoms with Crippen molar-refractivity contribution in [3.8, 4) is 5.69 Å². The maximum atomic E-state index is 13.7. The van der Waals surface area contributed by atoms with Crippen LogP contribution in [0.15, 0.2) is 77.5 Å². The van der Waals surface area contributed by atoms with E-state index >= 15 is 0 Å². The molecule has 2 aromatic carbocycles. The van der Waals surface area contributed by atoms with Crippen LogP contribution in [0, 0.1) is 5.82 Å². The van der Waals surface area contributed by atoms with Crippen molar-refractivity contribution in [2.24, 2.45) is 0 Å². The Balaban J connectivity index is 1.85. The van der Waals surface area contributed by atoms with E-state index in [1.165, 1.54) is 18.2 Å². The molecule has 0 spiro atoms. The number of carbonyl (C=O) groups excluding carboxylic acids is 1. The molecule has 0 bridgehead atoms. The zero-order chi connectivity index (χ0) is 16.2. The van der Waals surface area contributed by atoms with Gasteiger partial charge in [-0.15, -0.1) is 0 Å². The summed E-state index contributed by atoms with van der Waals surface area (Å²) < 4.78 is 16.4. The molecule has 2 nitrogen and oxygen atoms in total. The molecule has 1 aromatic heterocycles. The van der Waals surface area contributed by atoms with Crippen LogP contribution in [0.4, 0.5) is 4.39 Å². The quantitative estimate of drug-likeness (QED) is 0.453. The molecule has 1 heterocycles. The minimum Gasteiger partial charge on any atom is -0.324 e. The molecular weight excluding hydrogens is 357 g/mol. The van der Waals surface area contributed by atoms with Crippen molar-refractivity contribution < 1.29 is 9.18 Å². The van der Waals surface area contributed by atoms with Crippen LogP contribution in [0.25, 0.3) is 11.8 Å². The predicted molar refractivity (Wildman–Crippen MR) is 93.2 cm³/mol. The number of carbonyl (C=O) groups is 1. The summed E-state index contributed by atoms with van der Waals surface area (Å²) in [5, 5.41) is 0. The maximum absolute atomic E-state index is 13.7. The molecule has 0 aliphatic rings. The normalized spacial score (nSPS) is 11.0. The average molecular weight is 370 g/mol. The molecule has 0 unspecified atom stereocenters. The van der Waals surface area contributed by atoms with Crippen molar-refractivity contribution >= 4 is 27.8 Å². The van der Waals surface area contributed by atoms with E-state index in [1.807, 2.05) is 47.3 Å². The summed E-state index contributed by atoms with van der Waals surface area (Å²) in [6, 6.07) is 15.8. The van der Waals surface area contributed by atoms with E-state index in [9.17, 15) is 9.18 Å². The Morgan fingerprint density at radius 3 is 2.61 bits per heavy atom. The first-order chi connectivity index (χ1) is 11.1. The maximum Gasteiger partial charge on any atom is 0.185 e.